The Bertz CT molecular complexity index is 485. The number of fused-ring (bicyclic) bond motifs is 1. The van der Waals surface area contributed by atoms with E-state index in [-0.39, 0.29) is 0 Å². The molecule has 3 rings (SSSR count). The first-order chi connectivity index (χ1) is 7.33. The summed E-state index contributed by atoms with van der Waals surface area (Å²) in [5.41, 5.74) is 7.35. The molecule has 1 aliphatic rings. The summed E-state index contributed by atoms with van der Waals surface area (Å²) in [7, 11) is 0. The highest BCUT2D eigenvalue weighted by atomic mass is 16.3. The fourth-order valence-electron chi connectivity index (χ4n) is 1.76. The minimum atomic E-state index is 0.704. The quantitative estimate of drug-likeness (QED) is 0.751. The van der Waals surface area contributed by atoms with Crippen molar-refractivity contribution in [1.82, 2.24) is 5.32 Å². The van der Waals surface area contributed by atoms with Crippen molar-refractivity contribution in [2.24, 2.45) is 0 Å². The molecule has 0 bridgehead atoms. The minimum absolute atomic E-state index is 0.704. The van der Waals surface area contributed by atoms with Gasteiger partial charge in [-0.25, -0.2) is 0 Å². The maximum Gasteiger partial charge on any atom is 0.157 e. The van der Waals surface area contributed by atoms with Gasteiger partial charge in [-0.3, -0.25) is 0 Å². The molecule has 2 aromatic rings. The summed E-state index contributed by atoms with van der Waals surface area (Å²) in [6, 6.07) is 8.60. The summed E-state index contributed by atoms with van der Waals surface area (Å²) in [5.74, 6) is 0.967. The van der Waals surface area contributed by atoms with Gasteiger partial charge < -0.3 is 15.5 Å². The zero-order valence-electron chi connectivity index (χ0n) is 8.49. The van der Waals surface area contributed by atoms with Gasteiger partial charge in [-0.2, -0.15) is 0 Å². The molecule has 0 aliphatic heterocycles. The third-order valence-corrected chi connectivity index (χ3v) is 2.77. The van der Waals surface area contributed by atoms with E-state index in [1.807, 2.05) is 18.2 Å². The van der Waals surface area contributed by atoms with Crippen molar-refractivity contribution in [2.45, 2.75) is 25.4 Å². The van der Waals surface area contributed by atoms with Crippen LogP contribution in [0.1, 0.15) is 18.6 Å². The molecule has 1 aromatic carbocycles. The Kier molecular flexibility index (Phi) is 1.92. The van der Waals surface area contributed by atoms with Gasteiger partial charge in [0.25, 0.3) is 0 Å². The van der Waals surface area contributed by atoms with Crippen molar-refractivity contribution in [3.63, 3.8) is 0 Å². The zero-order chi connectivity index (χ0) is 10.3. The first kappa shape index (κ1) is 8.80. The highest BCUT2D eigenvalue weighted by molar-refractivity contribution is 5.88. The zero-order valence-corrected chi connectivity index (χ0v) is 8.49. The lowest BCUT2D eigenvalue weighted by molar-refractivity contribution is 0.513. The molecule has 3 N–H and O–H groups in total. The monoisotopic (exact) mass is 202 g/mol. The van der Waals surface area contributed by atoms with Gasteiger partial charge in [-0.1, -0.05) is 12.1 Å². The van der Waals surface area contributed by atoms with Gasteiger partial charge in [0.2, 0.25) is 0 Å². The van der Waals surface area contributed by atoms with Gasteiger partial charge in [0, 0.05) is 11.4 Å². The second kappa shape index (κ2) is 3.28. The highest BCUT2D eigenvalue weighted by Crippen LogP contribution is 2.25. The molecule has 1 heterocycles. The van der Waals surface area contributed by atoms with Crippen LogP contribution in [0.4, 0.5) is 5.69 Å². The van der Waals surface area contributed by atoms with Gasteiger partial charge in [-0.15, -0.1) is 0 Å². The molecule has 1 saturated carbocycles. The van der Waals surface area contributed by atoms with Gasteiger partial charge in [0.15, 0.2) is 5.58 Å². The molecular weight excluding hydrogens is 188 g/mol. The van der Waals surface area contributed by atoms with E-state index in [9.17, 15) is 0 Å². The van der Waals surface area contributed by atoms with E-state index in [4.69, 9.17) is 10.2 Å². The molecule has 0 amide bonds. The predicted octanol–water partition coefficient (Wildman–Crippen LogP) is 2.27. The van der Waals surface area contributed by atoms with Crippen LogP contribution in [0, 0.1) is 0 Å². The summed E-state index contributed by atoms with van der Waals surface area (Å²) in [6.07, 6.45) is 2.59. The van der Waals surface area contributed by atoms with E-state index in [0.717, 1.165) is 23.3 Å². The van der Waals surface area contributed by atoms with Crippen molar-refractivity contribution in [3.05, 3.63) is 30.0 Å². The number of rotatable bonds is 3. The van der Waals surface area contributed by atoms with E-state index in [2.05, 4.69) is 11.4 Å². The van der Waals surface area contributed by atoms with Crippen LogP contribution >= 0.6 is 0 Å². The third-order valence-electron chi connectivity index (χ3n) is 2.77. The molecule has 78 valence electrons. The highest BCUT2D eigenvalue weighted by Gasteiger charge is 2.20. The lowest BCUT2D eigenvalue weighted by Gasteiger charge is -1.97. The third kappa shape index (κ3) is 1.70. The average molecular weight is 202 g/mol. The van der Waals surface area contributed by atoms with Crippen LogP contribution in [0.5, 0.6) is 0 Å². The Labute approximate surface area is 88.3 Å². The molecule has 0 atom stereocenters. The average Bonchev–Trinajstić information content (AvgIpc) is 2.95. The van der Waals surface area contributed by atoms with Crippen LogP contribution in [0.15, 0.2) is 28.7 Å². The van der Waals surface area contributed by atoms with Crippen molar-refractivity contribution >= 4 is 16.7 Å². The lowest BCUT2D eigenvalue weighted by Crippen LogP contribution is -2.14. The van der Waals surface area contributed by atoms with Crippen LogP contribution in [0.25, 0.3) is 11.0 Å². The van der Waals surface area contributed by atoms with Crippen LogP contribution in [-0.2, 0) is 6.54 Å². The fraction of sp³-hybridized carbons (Fsp3) is 0.333. The van der Waals surface area contributed by atoms with Crippen molar-refractivity contribution in [3.8, 4) is 0 Å². The summed E-state index contributed by atoms with van der Waals surface area (Å²) in [6.45, 7) is 0.804. The Morgan fingerprint density at radius 3 is 3.00 bits per heavy atom. The van der Waals surface area contributed by atoms with Crippen LogP contribution < -0.4 is 11.1 Å². The van der Waals surface area contributed by atoms with E-state index in [0.29, 0.717) is 11.7 Å². The van der Waals surface area contributed by atoms with Crippen LogP contribution in [0.3, 0.4) is 0 Å². The SMILES string of the molecule is Nc1cccc2cc(CNC3CC3)oc12. The molecule has 1 aromatic heterocycles. The first-order valence-electron chi connectivity index (χ1n) is 5.33. The van der Waals surface area contributed by atoms with Crippen LogP contribution in [0.2, 0.25) is 0 Å². The smallest absolute Gasteiger partial charge is 0.157 e. The Morgan fingerprint density at radius 2 is 2.27 bits per heavy atom. The normalized spacial score (nSPS) is 16.0. The largest absolute Gasteiger partial charge is 0.458 e. The molecule has 0 saturated heterocycles. The van der Waals surface area contributed by atoms with Gasteiger partial charge in [0.1, 0.15) is 5.76 Å². The van der Waals surface area contributed by atoms with Crippen molar-refractivity contribution in [1.29, 1.82) is 0 Å². The maximum absolute atomic E-state index is 5.82. The van der Waals surface area contributed by atoms with Gasteiger partial charge in [0.05, 0.1) is 12.2 Å². The summed E-state index contributed by atoms with van der Waals surface area (Å²) in [4.78, 5) is 0. The molecule has 0 unspecified atom stereocenters. The number of furan rings is 1. The molecule has 0 spiro atoms. The van der Waals surface area contributed by atoms with E-state index in [1.54, 1.807) is 0 Å². The number of nitrogens with one attached hydrogen (secondary N) is 1. The fourth-order valence-corrected chi connectivity index (χ4v) is 1.76. The molecule has 3 heteroatoms. The summed E-state index contributed by atoms with van der Waals surface area (Å²) < 4.78 is 5.69. The molecule has 15 heavy (non-hydrogen) atoms. The number of hydrogen-bond acceptors (Lipinski definition) is 3. The second-order valence-corrected chi connectivity index (χ2v) is 4.13. The second-order valence-electron chi connectivity index (χ2n) is 4.13. The molecule has 1 aliphatic carbocycles. The number of nitrogens with two attached hydrogens (primary N) is 1. The molecular formula is C12H14N2O. The van der Waals surface area contributed by atoms with E-state index >= 15 is 0 Å². The maximum atomic E-state index is 5.82. The van der Waals surface area contributed by atoms with Gasteiger partial charge in [-0.05, 0) is 25.0 Å². The first-order valence-corrected chi connectivity index (χ1v) is 5.33. The van der Waals surface area contributed by atoms with Gasteiger partial charge >= 0.3 is 0 Å². The van der Waals surface area contributed by atoms with E-state index in [1.165, 1.54) is 12.8 Å². The molecule has 3 nitrogen and oxygen atoms in total. The van der Waals surface area contributed by atoms with Crippen molar-refractivity contribution in [2.75, 3.05) is 5.73 Å². The standard InChI is InChI=1S/C12H14N2O/c13-11-3-1-2-8-6-10(15-12(8)11)7-14-9-4-5-9/h1-3,6,9,14H,4-5,7,13H2. The van der Waals surface area contributed by atoms with E-state index < -0.39 is 0 Å². The molecule has 1 fully saturated rings. The van der Waals surface area contributed by atoms with Crippen LogP contribution in [-0.4, -0.2) is 6.04 Å². The Hall–Kier alpha value is -1.48. The molecule has 0 radical (unpaired) electrons. The Morgan fingerprint density at radius 1 is 1.40 bits per heavy atom. The minimum Gasteiger partial charge on any atom is -0.458 e. The summed E-state index contributed by atoms with van der Waals surface area (Å²) >= 11 is 0. The number of benzene rings is 1. The predicted molar refractivity (Wildman–Crippen MR) is 60.5 cm³/mol. The lowest BCUT2D eigenvalue weighted by atomic mass is 10.2. The topological polar surface area (TPSA) is 51.2 Å². The number of anilines is 1. The van der Waals surface area contributed by atoms with Crippen molar-refractivity contribution < 1.29 is 4.42 Å². The summed E-state index contributed by atoms with van der Waals surface area (Å²) in [5, 5.41) is 4.50. The Balaban J connectivity index is 1.88. The number of nitrogen functional groups attached to an aromatic ring is 1. The number of hydrogen-bond donors (Lipinski definition) is 2. The number of para-hydroxylation sites is 1.